The maximum atomic E-state index is 12.3. The number of nitro groups is 1. The summed E-state index contributed by atoms with van der Waals surface area (Å²) in [6.45, 7) is 3.87. The molecule has 0 fully saturated rings. The molecular formula is C22H21N3O5S. The minimum Gasteiger partial charge on any atom is -0.493 e. The molecule has 31 heavy (non-hydrogen) atoms. The fourth-order valence-electron chi connectivity index (χ4n) is 2.68. The lowest BCUT2D eigenvalue weighted by Crippen LogP contribution is -2.07. The van der Waals surface area contributed by atoms with Gasteiger partial charge in [0, 0.05) is 29.2 Å². The zero-order valence-electron chi connectivity index (χ0n) is 17.2. The Labute approximate surface area is 183 Å². The largest absolute Gasteiger partial charge is 0.493 e. The molecule has 0 spiro atoms. The summed E-state index contributed by atoms with van der Waals surface area (Å²) in [6.07, 6.45) is 3.10. The molecule has 160 valence electrons. The molecule has 0 bridgehead atoms. The molecule has 3 aromatic rings. The Morgan fingerprint density at radius 1 is 1.19 bits per heavy atom. The fraction of sp³-hybridized carbons (Fsp3) is 0.182. The Balaban J connectivity index is 1.64. The van der Waals surface area contributed by atoms with Crippen molar-refractivity contribution in [2.45, 2.75) is 20.0 Å². The minimum atomic E-state index is -0.455. The summed E-state index contributed by atoms with van der Waals surface area (Å²) in [6, 6.07) is 11.5. The van der Waals surface area contributed by atoms with Crippen LogP contribution in [0.5, 0.6) is 11.5 Å². The Kier molecular flexibility index (Phi) is 6.99. The van der Waals surface area contributed by atoms with E-state index in [9.17, 15) is 14.9 Å². The molecule has 1 amide bonds. The van der Waals surface area contributed by atoms with Crippen LogP contribution < -0.4 is 14.8 Å². The summed E-state index contributed by atoms with van der Waals surface area (Å²) in [5.74, 6) is 0.899. The molecule has 0 aliphatic heterocycles. The van der Waals surface area contributed by atoms with Crippen molar-refractivity contribution < 1.29 is 19.2 Å². The van der Waals surface area contributed by atoms with E-state index in [0.29, 0.717) is 22.3 Å². The second kappa shape index (κ2) is 9.86. The maximum absolute atomic E-state index is 12.3. The Hall–Kier alpha value is -3.72. The molecule has 0 atom stereocenters. The number of amides is 1. The van der Waals surface area contributed by atoms with Gasteiger partial charge >= 0.3 is 0 Å². The number of rotatable bonds is 8. The third-order valence-corrected chi connectivity index (χ3v) is 4.84. The summed E-state index contributed by atoms with van der Waals surface area (Å²) in [4.78, 5) is 26.9. The van der Waals surface area contributed by atoms with E-state index in [1.165, 1.54) is 29.5 Å². The molecule has 0 radical (unpaired) electrons. The highest BCUT2D eigenvalue weighted by atomic mass is 32.1. The lowest BCUT2D eigenvalue weighted by atomic mass is 10.1. The molecule has 8 nitrogen and oxygen atoms in total. The second-order valence-electron chi connectivity index (χ2n) is 6.74. The van der Waals surface area contributed by atoms with E-state index in [1.807, 2.05) is 19.9 Å². The lowest BCUT2D eigenvalue weighted by molar-refractivity contribution is -0.384. The number of carbonyl (C=O) groups is 1. The molecule has 9 heteroatoms. The lowest BCUT2D eigenvalue weighted by Gasteiger charge is -2.13. The predicted molar refractivity (Wildman–Crippen MR) is 121 cm³/mol. The van der Waals surface area contributed by atoms with Gasteiger partial charge in [-0.25, -0.2) is 4.98 Å². The number of nitrogens with zero attached hydrogens (tertiary/aromatic N) is 2. The number of anilines is 1. The van der Waals surface area contributed by atoms with E-state index in [2.05, 4.69) is 10.3 Å². The van der Waals surface area contributed by atoms with Crippen LogP contribution in [-0.2, 0) is 4.79 Å². The monoisotopic (exact) mass is 439 g/mol. The quantitative estimate of drug-likeness (QED) is 0.295. The first-order valence-corrected chi connectivity index (χ1v) is 10.3. The number of ether oxygens (including phenoxy) is 2. The zero-order valence-corrected chi connectivity index (χ0v) is 18.0. The number of hydrogen-bond acceptors (Lipinski definition) is 7. The molecule has 1 heterocycles. The van der Waals surface area contributed by atoms with Crippen molar-refractivity contribution in [3.8, 4) is 22.8 Å². The molecular weight excluding hydrogens is 418 g/mol. The van der Waals surface area contributed by atoms with Crippen molar-refractivity contribution in [2.24, 2.45) is 0 Å². The average molecular weight is 439 g/mol. The van der Waals surface area contributed by atoms with Crippen molar-refractivity contribution in [2.75, 3.05) is 12.4 Å². The van der Waals surface area contributed by atoms with Gasteiger partial charge in [0.2, 0.25) is 5.91 Å². The van der Waals surface area contributed by atoms with Gasteiger partial charge in [0.15, 0.2) is 16.6 Å². The van der Waals surface area contributed by atoms with Gasteiger partial charge in [0.05, 0.1) is 23.8 Å². The predicted octanol–water partition coefficient (Wildman–Crippen LogP) is 5.17. The van der Waals surface area contributed by atoms with Crippen molar-refractivity contribution in [3.63, 3.8) is 0 Å². The topological polar surface area (TPSA) is 104 Å². The van der Waals surface area contributed by atoms with Crippen LogP contribution in [0.2, 0.25) is 0 Å². The van der Waals surface area contributed by atoms with Crippen LogP contribution in [-0.4, -0.2) is 29.0 Å². The van der Waals surface area contributed by atoms with Crippen molar-refractivity contribution >= 4 is 34.1 Å². The van der Waals surface area contributed by atoms with Crippen LogP contribution in [0, 0.1) is 10.1 Å². The molecule has 1 N–H and O–H groups in total. The number of hydrogen-bond donors (Lipinski definition) is 1. The molecule has 0 saturated carbocycles. The first-order valence-electron chi connectivity index (χ1n) is 9.40. The number of carbonyl (C=O) groups excluding carboxylic acids is 1. The molecule has 3 rings (SSSR count). The van der Waals surface area contributed by atoms with Crippen LogP contribution in [0.1, 0.15) is 19.4 Å². The van der Waals surface area contributed by atoms with E-state index >= 15 is 0 Å². The highest BCUT2D eigenvalue weighted by Crippen LogP contribution is 2.30. The van der Waals surface area contributed by atoms with E-state index < -0.39 is 4.92 Å². The van der Waals surface area contributed by atoms with E-state index in [0.717, 1.165) is 11.1 Å². The summed E-state index contributed by atoms with van der Waals surface area (Å²) in [7, 11) is 1.56. The van der Waals surface area contributed by atoms with E-state index in [1.54, 1.807) is 42.8 Å². The molecule has 0 saturated heterocycles. The number of nitro benzene ring substituents is 1. The third kappa shape index (κ3) is 5.89. The molecule has 2 aromatic carbocycles. The summed E-state index contributed by atoms with van der Waals surface area (Å²) >= 11 is 1.27. The third-order valence-electron chi connectivity index (χ3n) is 4.09. The highest BCUT2D eigenvalue weighted by Gasteiger charge is 2.10. The van der Waals surface area contributed by atoms with Gasteiger partial charge in [-0.15, -0.1) is 11.3 Å². The number of methoxy groups -OCH3 is 1. The standard InChI is InChI=1S/C22H21N3O5S/c1-14(2)30-19-10-4-15(12-20(19)29-3)5-11-21(26)24-22-23-18(13-31-22)16-6-8-17(9-7-16)25(27)28/h4-14H,1-3H3,(H,23,24,26). The zero-order chi connectivity index (χ0) is 22.4. The second-order valence-corrected chi connectivity index (χ2v) is 7.60. The van der Waals surface area contributed by atoms with Crippen molar-refractivity contribution in [1.29, 1.82) is 0 Å². The summed E-state index contributed by atoms with van der Waals surface area (Å²) in [5.41, 5.74) is 2.16. The van der Waals surface area contributed by atoms with Gasteiger partial charge in [-0.05, 0) is 49.8 Å². The van der Waals surface area contributed by atoms with Gasteiger partial charge in [0.25, 0.3) is 5.69 Å². The van der Waals surface area contributed by atoms with Crippen LogP contribution in [0.25, 0.3) is 17.3 Å². The Morgan fingerprint density at radius 2 is 1.94 bits per heavy atom. The summed E-state index contributed by atoms with van der Waals surface area (Å²) < 4.78 is 11.0. The number of non-ortho nitro benzene ring substituents is 1. The minimum absolute atomic E-state index is 0.0121. The maximum Gasteiger partial charge on any atom is 0.269 e. The fourth-order valence-corrected chi connectivity index (χ4v) is 3.40. The van der Waals surface area contributed by atoms with Crippen molar-refractivity contribution in [3.05, 3.63) is 69.6 Å². The van der Waals surface area contributed by atoms with Gasteiger partial charge in [-0.3, -0.25) is 20.2 Å². The summed E-state index contributed by atoms with van der Waals surface area (Å²) in [5, 5.41) is 15.7. The van der Waals surface area contributed by atoms with Crippen LogP contribution in [0.3, 0.4) is 0 Å². The Bertz CT molecular complexity index is 1110. The average Bonchev–Trinajstić information content (AvgIpc) is 3.21. The highest BCUT2D eigenvalue weighted by molar-refractivity contribution is 7.14. The first-order chi connectivity index (χ1) is 14.9. The van der Waals surface area contributed by atoms with Crippen LogP contribution in [0.15, 0.2) is 53.9 Å². The van der Waals surface area contributed by atoms with E-state index in [-0.39, 0.29) is 17.7 Å². The number of thiazole rings is 1. The first kappa shape index (κ1) is 22.0. The molecule has 0 aliphatic rings. The molecule has 0 unspecified atom stereocenters. The number of aromatic nitrogens is 1. The van der Waals surface area contributed by atoms with Gasteiger partial charge in [-0.1, -0.05) is 6.07 Å². The molecule has 1 aromatic heterocycles. The Morgan fingerprint density at radius 3 is 2.58 bits per heavy atom. The smallest absolute Gasteiger partial charge is 0.269 e. The van der Waals surface area contributed by atoms with Crippen LogP contribution >= 0.6 is 11.3 Å². The SMILES string of the molecule is COc1cc(C=CC(=O)Nc2nc(-c3ccc([N+](=O)[O-])cc3)cs2)ccc1OC(C)C. The molecule has 0 aliphatic carbocycles. The van der Waals surface area contributed by atoms with Gasteiger partial charge in [0.1, 0.15) is 0 Å². The van der Waals surface area contributed by atoms with Gasteiger partial charge < -0.3 is 9.47 Å². The van der Waals surface area contributed by atoms with E-state index in [4.69, 9.17) is 9.47 Å². The van der Waals surface area contributed by atoms with Crippen LogP contribution in [0.4, 0.5) is 10.8 Å². The van der Waals surface area contributed by atoms with Gasteiger partial charge in [-0.2, -0.15) is 0 Å². The van der Waals surface area contributed by atoms with Crippen molar-refractivity contribution in [1.82, 2.24) is 4.98 Å². The normalized spacial score (nSPS) is 11.0. The number of nitrogens with one attached hydrogen (secondary N) is 1. The number of benzene rings is 2.